The molecule has 0 amide bonds. The van der Waals surface area contributed by atoms with Gasteiger partial charge in [-0.3, -0.25) is 13.5 Å². The minimum atomic E-state index is -2.41. The summed E-state index contributed by atoms with van der Waals surface area (Å²) in [5.41, 5.74) is 4.67. The van der Waals surface area contributed by atoms with Crippen molar-refractivity contribution in [3.8, 4) is 28.1 Å². The number of hydrogen-bond acceptors (Lipinski definition) is 5. The fourth-order valence-electron chi connectivity index (χ4n) is 3.91. The van der Waals surface area contributed by atoms with Crippen LogP contribution in [0.3, 0.4) is 0 Å². The van der Waals surface area contributed by atoms with E-state index in [1.807, 2.05) is 31.4 Å². The van der Waals surface area contributed by atoms with Crippen molar-refractivity contribution in [3.63, 3.8) is 0 Å². The van der Waals surface area contributed by atoms with E-state index in [2.05, 4.69) is 19.8 Å². The topological polar surface area (TPSA) is 101 Å². The fourth-order valence-corrected chi connectivity index (χ4v) is 4.18. The molecule has 5 rings (SSSR count). The van der Waals surface area contributed by atoms with Crippen molar-refractivity contribution in [2.45, 2.75) is 6.42 Å². The molecule has 0 aliphatic carbocycles. The van der Waals surface area contributed by atoms with Gasteiger partial charge in [0.1, 0.15) is 23.8 Å². The number of nitrogens with zero attached hydrogens (tertiary/aromatic N) is 5. The highest BCUT2D eigenvalue weighted by molar-refractivity contribution is 7.77. The van der Waals surface area contributed by atoms with E-state index in [4.69, 9.17) is 0 Å². The zero-order chi connectivity index (χ0) is 24.5. The highest BCUT2D eigenvalue weighted by atomic mass is 32.2. The fraction of sp³-hybridized carbons (Fsp3) is 0.125. The van der Waals surface area contributed by atoms with Crippen molar-refractivity contribution in [2.24, 2.45) is 7.05 Å². The molecular formula is C24H19F2N6O2S-. The maximum Gasteiger partial charge on any atom is 0.139 e. The van der Waals surface area contributed by atoms with Crippen LogP contribution in [-0.4, -0.2) is 39.6 Å². The summed E-state index contributed by atoms with van der Waals surface area (Å²) in [5, 5.41) is 4.21. The van der Waals surface area contributed by atoms with Crippen LogP contribution >= 0.6 is 0 Å². The van der Waals surface area contributed by atoms with Crippen LogP contribution < -0.4 is 4.72 Å². The highest BCUT2D eigenvalue weighted by Gasteiger charge is 2.14. The van der Waals surface area contributed by atoms with Gasteiger partial charge in [0.25, 0.3) is 0 Å². The van der Waals surface area contributed by atoms with E-state index >= 15 is 0 Å². The maximum absolute atomic E-state index is 14.6. The number of rotatable bonds is 7. The molecule has 0 spiro atoms. The second kappa shape index (κ2) is 9.45. The third-order valence-electron chi connectivity index (χ3n) is 5.54. The molecule has 1 N–H and O–H groups in total. The lowest BCUT2D eigenvalue weighted by molar-refractivity contribution is 0.523. The van der Waals surface area contributed by atoms with E-state index in [1.54, 1.807) is 33.9 Å². The first-order chi connectivity index (χ1) is 16.9. The van der Waals surface area contributed by atoms with Crippen LogP contribution in [0, 0.1) is 11.6 Å². The summed E-state index contributed by atoms with van der Waals surface area (Å²) in [7, 11) is 1.85. The Morgan fingerprint density at radius 1 is 1.06 bits per heavy atom. The van der Waals surface area contributed by atoms with E-state index < -0.39 is 22.9 Å². The molecule has 178 valence electrons. The normalized spacial score (nSPS) is 12.3. The lowest BCUT2D eigenvalue weighted by Gasteiger charge is -2.12. The van der Waals surface area contributed by atoms with Crippen molar-refractivity contribution >= 4 is 22.3 Å². The third-order valence-corrected chi connectivity index (χ3v) is 5.98. The smallest absolute Gasteiger partial charge is 0.139 e. The van der Waals surface area contributed by atoms with Gasteiger partial charge in [-0.15, -0.1) is 0 Å². The average Bonchev–Trinajstić information content (AvgIpc) is 3.44. The summed E-state index contributed by atoms with van der Waals surface area (Å²) in [6.45, 7) is 0.122. The first kappa shape index (κ1) is 23.0. The predicted molar refractivity (Wildman–Crippen MR) is 127 cm³/mol. The van der Waals surface area contributed by atoms with Gasteiger partial charge in [0, 0.05) is 60.4 Å². The van der Waals surface area contributed by atoms with E-state index in [-0.39, 0.29) is 18.5 Å². The number of imidazole rings is 1. The van der Waals surface area contributed by atoms with Crippen LogP contribution in [0.25, 0.3) is 39.1 Å². The number of benzene rings is 2. The number of pyridine rings is 1. The lowest BCUT2D eigenvalue weighted by Crippen LogP contribution is -2.20. The molecule has 1 unspecified atom stereocenters. The molecule has 0 aliphatic heterocycles. The van der Waals surface area contributed by atoms with E-state index in [9.17, 15) is 17.5 Å². The van der Waals surface area contributed by atoms with Gasteiger partial charge in [-0.05, 0) is 47.5 Å². The van der Waals surface area contributed by atoms with Gasteiger partial charge in [-0.2, -0.15) is 5.10 Å². The Morgan fingerprint density at radius 2 is 1.91 bits per heavy atom. The average molecular weight is 494 g/mol. The molecule has 0 saturated carbocycles. The lowest BCUT2D eigenvalue weighted by atomic mass is 10.0. The van der Waals surface area contributed by atoms with Crippen LogP contribution in [0.4, 0.5) is 8.78 Å². The first-order valence-corrected chi connectivity index (χ1v) is 11.7. The zero-order valence-electron chi connectivity index (χ0n) is 18.5. The van der Waals surface area contributed by atoms with Crippen molar-refractivity contribution in [3.05, 3.63) is 84.6 Å². The molecule has 8 nitrogen and oxygen atoms in total. The Kier molecular flexibility index (Phi) is 6.20. The summed E-state index contributed by atoms with van der Waals surface area (Å²) in [6, 6.07) is 12.5. The Balaban J connectivity index is 1.58. The third kappa shape index (κ3) is 4.87. The number of fused-ring (bicyclic) bond motifs is 1. The van der Waals surface area contributed by atoms with Crippen molar-refractivity contribution in [1.82, 2.24) is 29.0 Å². The molecule has 0 aliphatic rings. The summed E-state index contributed by atoms with van der Waals surface area (Å²) < 4.78 is 55.6. The number of nitrogens with one attached hydrogen (secondary N) is 1. The summed E-state index contributed by atoms with van der Waals surface area (Å²) in [6.07, 6.45) is 5.58. The quantitative estimate of drug-likeness (QED) is 0.349. The van der Waals surface area contributed by atoms with E-state index in [0.29, 0.717) is 17.1 Å². The van der Waals surface area contributed by atoms with Gasteiger partial charge >= 0.3 is 0 Å². The Hall–Kier alpha value is -3.80. The maximum atomic E-state index is 14.6. The number of hydrogen-bond donors (Lipinski definition) is 1. The standard InChI is InChI=1S/C24H20F2N6O2S/c1-31-13-17(12-28-31)15-2-5-23-22(9-15)27-14-32(23)24-10-16(20-4-3-18(25)11-21(20)26)8-19(30-24)6-7-29-35(33)34/h2-5,8-14,29H,6-7H2,1H3,(H,33,34)/p-1. The zero-order valence-corrected chi connectivity index (χ0v) is 19.3. The highest BCUT2D eigenvalue weighted by Crippen LogP contribution is 2.29. The Labute approximate surface area is 201 Å². The second-order valence-corrected chi connectivity index (χ2v) is 8.69. The predicted octanol–water partition coefficient (Wildman–Crippen LogP) is 3.69. The van der Waals surface area contributed by atoms with Crippen LogP contribution in [0.5, 0.6) is 0 Å². The summed E-state index contributed by atoms with van der Waals surface area (Å²) in [4.78, 5) is 9.16. The largest absolute Gasteiger partial charge is 0.760 e. The van der Waals surface area contributed by atoms with Gasteiger partial charge in [0.2, 0.25) is 0 Å². The van der Waals surface area contributed by atoms with Gasteiger partial charge in [-0.25, -0.2) is 23.5 Å². The van der Waals surface area contributed by atoms with E-state index in [1.165, 1.54) is 12.1 Å². The molecule has 3 aromatic heterocycles. The van der Waals surface area contributed by atoms with Crippen LogP contribution in [0.1, 0.15) is 5.69 Å². The molecule has 35 heavy (non-hydrogen) atoms. The summed E-state index contributed by atoms with van der Waals surface area (Å²) in [5.74, 6) is -0.905. The molecule has 0 fully saturated rings. The van der Waals surface area contributed by atoms with Gasteiger partial charge in [0.05, 0.1) is 17.2 Å². The van der Waals surface area contributed by atoms with Gasteiger partial charge < -0.3 is 4.55 Å². The minimum Gasteiger partial charge on any atom is -0.760 e. The van der Waals surface area contributed by atoms with Gasteiger partial charge in [-0.1, -0.05) is 6.07 Å². The molecule has 1 atom stereocenters. The van der Waals surface area contributed by atoms with Gasteiger partial charge in [0.15, 0.2) is 0 Å². The number of aryl methyl sites for hydroxylation is 1. The van der Waals surface area contributed by atoms with Crippen LogP contribution in [0.2, 0.25) is 0 Å². The molecule has 0 saturated heterocycles. The van der Waals surface area contributed by atoms with Crippen LogP contribution in [0.15, 0.2) is 67.3 Å². The molecular weight excluding hydrogens is 474 g/mol. The molecule has 0 bridgehead atoms. The summed E-state index contributed by atoms with van der Waals surface area (Å²) >= 11 is -2.41. The Bertz CT molecular complexity index is 1570. The van der Waals surface area contributed by atoms with Crippen molar-refractivity contribution in [2.75, 3.05) is 6.54 Å². The first-order valence-electron chi connectivity index (χ1n) is 10.6. The molecule has 2 aromatic carbocycles. The monoisotopic (exact) mass is 493 g/mol. The second-order valence-electron chi connectivity index (χ2n) is 7.93. The molecule has 5 aromatic rings. The number of halogens is 2. The van der Waals surface area contributed by atoms with Crippen molar-refractivity contribution < 1.29 is 17.5 Å². The molecule has 0 radical (unpaired) electrons. The minimum absolute atomic E-state index is 0.122. The molecule has 11 heteroatoms. The molecule has 3 heterocycles. The van der Waals surface area contributed by atoms with Crippen molar-refractivity contribution in [1.29, 1.82) is 0 Å². The van der Waals surface area contributed by atoms with E-state index in [0.717, 1.165) is 28.2 Å². The SMILES string of the molecule is Cn1cc(-c2ccc3c(c2)ncn3-c2cc(-c3ccc(F)cc3F)cc(CCNS(=O)[O-])n2)cn1. The number of aromatic nitrogens is 5. The van der Waals surface area contributed by atoms with Crippen LogP contribution in [-0.2, 0) is 24.7 Å². The Morgan fingerprint density at radius 3 is 2.66 bits per heavy atom.